The number of nitrogens with one attached hydrogen (secondary N) is 2. The third kappa shape index (κ3) is 3.90. The van der Waals surface area contributed by atoms with Gasteiger partial charge in [0.1, 0.15) is 6.54 Å². The van der Waals surface area contributed by atoms with Crippen LogP contribution < -0.4 is 10.6 Å². The average Bonchev–Trinajstić information content (AvgIpc) is 2.06. The Balaban J connectivity index is 1.92. The lowest BCUT2D eigenvalue weighted by molar-refractivity contribution is -0.120. The first-order valence-corrected chi connectivity index (χ1v) is 4.67. The zero-order valence-electron chi connectivity index (χ0n) is 7.68. The zero-order chi connectivity index (χ0) is 9.52. The molecule has 13 heavy (non-hydrogen) atoms. The average molecular weight is 181 g/mol. The van der Waals surface area contributed by atoms with Crippen molar-refractivity contribution >= 4 is 5.91 Å². The summed E-state index contributed by atoms with van der Waals surface area (Å²) < 4.78 is 0. The summed E-state index contributed by atoms with van der Waals surface area (Å²) in [4.78, 5) is 11.0. The molecule has 0 aromatic rings. The molecule has 4 heteroatoms. The van der Waals surface area contributed by atoms with Crippen molar-refractivity contribution in [1.82, 2.24) is 10.6 Å². The minimum absolute atomic E-state index is 0.0964. The standard InChI is InChI=1S/C9H15N3O/c10-4-5-12-9(13)7-11-6-8-2-1-3-8/h8,11H,1-3,5-7H2,(H,12,13). The van der Waals surface area contributed by atoms with E-state index in [1.165, 1.54) is 19.3 Å². The van der Waals surface area contributed by atoms with Crippen LogP contribution in [0.3, 0.4) is 0 Å². The molecule has 0 radical (unpaired) electrons. The predicted octanol–water partition coefficient (Wildman–Crippen LogP) is 0.0159. The minimum Gasteiger partial charge on any atom is -0.342 e. The number of hydrogen-bond donors (Lipinski definition) is 2. The lowest BCUT2D eigenvalue weighted by Crippen LogP contribution is -2.37. The van der Waals surface area contributed by atoms with Gasteiger partial charge in [0.2, 0.25) is 5.91 Å². The Hall–Kier alpha value is -1.08. The van der Waals surface area contributed by atoms with Crippen LogP contribution in [0.5, 0.6) is 0 Å². The molecule has 4 nitrogen and oxygen atoms in total. The Labute approximate surface area is 78.3 Å². The first kappa shape index (κ1) is 10.0. The first-order chi connectivity index (χ1) is 6.33. The molecule has 1 amide bonds. The van der Waals surface area contributed by atoms with Crippen LogP contribution in [0.1, 0.15) is 19.3 Å². The number of hydrogen-bond acceptors (Lipinski definition) is 3. The second kappa shape index (κ2) is 5.55. The molecule has 0 unspecified atom stereocenters. The molecule has 0 aliphatic heterocycles. The van der Waals surface area contributed by atoms with Gasteiger partial charge in [0, 0.05) is 0 Å². The van der Waals surface area contributed by atoms with E-state index in [2.05, 4.69) is 10.6 Å². The van der Waals surface area contributed by atoms with E-state index in [1.54, 1.807) is 0 Å². The topological polar surface area (TPSA) is 64.9 Å². The van der Waals surface area contributed by atoms with Crippen molar-refractivity contribution in [3.05, 3.63) is 0 Å². The molecule has 0 atom stereocenters. The molecule has 0 spiro atoms. The molecular formula is C9H15N3O. The fourth-order valence-electron chi connectivity index (χ4n) is 1.29. The van der Waals surface area contributed by atoms with Crippen LogP contribution in [0, 0.1) is 17.2 Å². The van der Waals surface area contributed by atoms with Crippen molar-refractivity contribution in [2.45, 2.75) is 19.3 Å². The largest absolute Gasteiger partial charge is 0.342 e. The van der Waals surface area contributed by atoms with E-state index >= 15 is 0 Å². The van der Waals surface area contributed by atoms with E-state index in [9.17, 15) is 4.79 Å². The highest BCUT2D eigenvalue weighted by molar-refractivity contribution is 5.78. The van der Waals surface area contributed by atoms with Gasteiger partial charge in [-0.1, -0.05) is 6.42 Å². The van der Waals surface area contributed by atoms with Gasteiger partial charge >= 0.3 is 0 Å². The molecule has 72 valence electrons. The van der Waals surface area contributed by atoms with E-state index in [1.807, 2.05) is 6.07 Å². The van der Waals surface area contributed by atoms with Crippen LogP contribution in [-0.2, 0) is 4.79 Å². The summed E-state index contributed by atoms with van der Waals surface area (Å²) in [6.07, 6.45) is 3.90. The highest BCUT2D eigenvalue weighted by Gasteiger charge is 2.16. The van der Waals surface area contributed by atoms with Crippen molar-refractivity contribution in [3.63, 3.8) is 0 Å². The second-order valence-corrected chi connectivity index (χ2v) is 3.36. The summed E-state index contributed by atoms with van der Waals surface area (Å²) in [5, 5.41) is 13.7. The zero-order valence-corrected chi connectivity index (χ0v) is 7.68. The Bertz CT molecular complexity index is 205. The number of nitriles is 1. The number of rotatable bonds is 5. The molecule has 1 fully saturated rings. The Morgan fingerprint density at radius 3 is 2.85 bits per heavy atom. The molecular weight excluding hydrogens is 166 g/mol. The number of nitrogens with zero attached hydrogens (tertiary/aromatic N) is 1. The van der Waals surface area contributed by atoms with Gasteiger partial charge in [-0.15, -0.1) is 0 Å². The van der Waals surface area contributed by atoms with Crippen LogP contribution in [0.4, 0.5) is 0 Å². The normalized spacial score (nSPS) is 15.9. The first-order valence-electron chi connectivity index (χ1n) is 4.67. The van der Waals surface area contributed by atoms with Gasteiger partial charge in [-0.2, -0.15) is 5.26 Å². The minimum atomic E-state index is -0.0964. The lowest BCUT2D eigenvalue weighted by atomic mass is 9.85. The third-order valence-electron chi connectivity index (χ3n) is 2.31. The van der Waals surface area contributed by atoms with E-state index in [-0.39, 0.29) is 12.5 Å². The van der Waals surface area contributed by atoms with Crippen LogP contribution >= 0.6 is 0 Å². The maximum absolute atomic E-state index is 11.0. The maximum atomic E-state index is 11.0. The summed E-state index contributed by atoms with van der Waals surface area (Å²) in [5.74, 6) is 0.671. The molecule has 1 saturated carbocycles. The number of carbonyl (C=O) groups is 1. The quantitative estimate of drug-likeness (QED) is 0.587. The van der Waals surface area contributed by atoms with E-state index in [0.717, 1.165) is 12.5 Å². The van der Waals surface area contributed by atoms with Crippen LogP contribution in [0.15, 0.2) is 0 Å². The Kier molecular flexibility index (Phi) is 4.27. The number of amides is 1. The van der Waals surface area contributed by atoms with Crippen LogP contribution in [0.2, 0.25) is 0 Å². The van der Waals surface area contributed by atoms with Crippen LogP contribution in [-0.4, -0.2) is 25.5 Å². The fraction of sp³-hybridized carbons (Fsp3) is 0.778. The van der Waals surface area contributed by atoms with Gasteiger partial charge in [-0.3, -0.25) is 4.79 Å². The SMILES string of the molecule is N#CCNC(=O)CNCC1CCC1. The maximum Gasteiger partial charge on any atom is 0.234 e. The monoisotopic (exact) mass is 181 g/mol. The summed E-state index contributed by atoms with van der Waals surface area (Å²) in [6, 6.07) is 1.86. The van der Waals surface area contributed by atoms with Crippen molar-refractivity contribution in [1.29, 1.82) is 5.26 Å². The summed E-state index contributed by atoms with van der Waals surface area (Å²) in [5.41, 5.74) is 0. The molecule has 2 N–H and O–H groups in total. The van der Waals surface area contributed by atoms with Gasteiger partial charge in [0.05, 0.1) is 12.6 Å². The number of carbonyl (C=O) groups excluding carboxylic acids is 1. The third-order valence-corrected chi connectivity index (χ3v) is 2.31. The van der Waals surface area contributed by atoms with Crippen molar-refractivity contribution < 1.29 is 4.79 Å². The van der Waals surface area contributed by atoms with Gasteiger partial charge in [-0.05, 0) is 25.3 Å². The van der Waals surface area contributed by atoms with Gasteiger partial charge in [0.15, 0.2) is 0 Å². The summed E-state index contributed by atoms with van der Waals surface area (Å²) in [6.45, 7) is 1.36. The molecule has 0 aromatic heterocycles. The fourth-order valence-corrected chi connectivity index (χ4v) is 1.29. The highest BCUT2D eigenvalue weighted by Crippen LogP contribution is 2.24. The Morgan fingerprint density at radius 2 is 2.31 bits per heavy atom. The summed E-state index contributed by atoms with van der Waals surface area (Å²) in [7, 11) is 0. The van der Waals surface area contributed by atoms with Crippen molar-refractivity contribution in [3.8, 4) is 6.07 Å². The van der Waals surface area contributed by atoms with Crippen molar-refractivity contribution in [2.24, 2.45) is 5.92 Å². The molecule has 0 bridgehead atoms. The van der Waals surface area contributed by atoms with E-state index < -0.39 is 0 Å². The van der Waals surface area contributed by atoms with E-state index in [4.69, 9.17) is 5.26 Å². The lowest BCUT2D eigenvalue weighted by Gasteiger charge is -2.25. The van der Waals surface area contributed by atoms with Crippen molar-refractivity contribution in [2.75, 3.05) is 19.6 Å². The molecule has 0 aromatic carbocycles. The van der Waals surface area contributed by atoms with Gasteiger partial charge < -0.3 is 10.6 Å². The molecule has 0 heterocycles. The summed E-state index contributed by atoms with van der Waals surface area (Å²) >= 11 is 0. The van der Waals surface area contributed by atoms with E-state index in [0.29, 0.717) is 6.54 Å². The molecule has 1 aliphatic rings. The van der Waals surface area contributed by atoms with Gasteiger partial charge in [-0.25, -0.2) is 0 Å². The molecule has 0 saturated heterocycles. The smallest absolute Gasteiger partial charge is 0.234 e. The Morgan fingerprint density at radius 1 is 1.54 bits per heavy atom. The highest BCUT2D eigenvalue weighted by atomic mass is 16.1. The van der Waals surface area contributed by atoms with Gasteiger partial charge in [0.25, 0.3) is 0 Å². The molecule has 1 rings (SSSR count). The second-order valence-electron chi connectivity index (χ2n) is 3.36. The van der Waals surface area contributed by atoms with Crippen LogP contribution in [0.25, 0.3) is 0 Å². The molecule has 1 aliphatic carbocycles. The predicted molar refractivity (Wildman–Crippen MR) is 48.8 cm³/mol.